The van der Waals surface area contributed by atoms with Crippen LogP contribution in [0.15, 0.2) is 0 Å². The molecule has 0 saturated carbocycles. The topological polar surface area (TPSA) is 61.8 Å². The number of carbonyl (C=O) groups is 1. The largest absolute Gasteiger partial charge is 0.469 e. The molecule has 0 bridgehead atoms. The van der Waals surface area contributed by atoms with Crippen molar-refractivity contribution in [2.75, 3.05) is 39.9 Å². The van der Waals surface area contributed by atoms with Crippen molar-refractivity contribution >= 4 is 5.97 Å². The highest BCUT2D eigenvalue weighted by molar-refractivity contribution is 5.69. The fraction of sp³-hybridized carbons (Fsp3) is 0.929. The highest BCUT2D eigenvalue weighted by Crippen LogP contribution is 2.21. The van der Waals surface area contributed by atoms with E-state index in [9.17, 15) is 4.79 Å². The number of aliphatic hydroxyl groups excluding tert-OH is 1. The van der Waals surface area contributed by atoms with Gasteiger partial charge in [0.25, 0.3) is 0 Å². The van der Waals surface area contributed by atoms with Gasteiger partial charge in [0.05, 0.1) is 13.7 Å². The van der Waals surface area contributed by atoms with Crippen molar-refractivity contribution in [2.45, 2.75) is 38.6 Å². The Kier molecular flexibility index (Phi) is 8.02. The van der Waals surface area contributed by atoms with Gasteiger partial charge in [-0.3, -0.25) is 4.79 Å². The zero-order valence-electron chi connectivity index (χ0n) is 12.2. The summed E-state index contributed by atoms with van der Waals surface area (Å²) >= 11 is 0. The first kappa shape index (κ1) is 16.4. The third kappa shape index (κ3) is 6.36. The molecule has 0 aromatic heterocycles. The number of likely N-dealkylation sites (tertiary alicyclic amines) is 1. The number of hydrogen-bond donors (Lipinski definition) is 2. The maximum atomic E-state index is 11.2. The van der Waals surface area contributed by atoms with Crippen molar-refractivity contribution in [2.24, 2.45) is 5.92 Å². The van der Waals surface area contributed by atoms with Gasteiger partial charge < -0.3 is 20.1 Å². The number of hydrogen-bond acceptors (Lipinski definition) is 5. The molecule has 0 spiro atoms. The molecule has 1 heterocycles. The molecule has 2 unspecified atom stereocenters. The average molecular weight is 272 g/mol. The van der Waals surface area contributed by atoms with Crippen molar-refractivity contribution in [3.63, 3.8) is 0 Å². The van der Waals surface area contributed by atoms with Gasteiger partial charge in [-0.15, -0.1) is 0 Å². The van der Waals surface area contributed by atoms with Crippen molar-refractivity contribution < 1.29 is 14.6 Å². The summed E-state index contributed by atoms with van der Waals surface area (Å²) in [5, 5.41) is 12.3. The number of nitrogens with zero attached hydrogens (tertiary/aromatic N) is 1. The smallest absolute Gasteiger partial charge is 0.305 e. The molecule has 2 atom stereocenters. The fourth-order valence-corrected chi connectivity index (χ4v) is 2.85. The average Bonchev–Trinajstić information content (AvgIpc) is 2.42. The SMILES string of the molecule is CCCN1CC(CCC(=O)OC)CC(NCCO)C1. The normalized spacial score (nSPS) is 24.4. The Morgan fingerprint density at radius 2 is 2.26 bits per heavy atom. The second-order valence-electron chi connectivity index (χ2n) is 5.35. The molecule has 112 valence electrons. The van der Waals surface area contributed by atoms with Gasteiger partial charge in [0.1, 0.15) is 0 Å². The van der Waals surface area contributed by atoms with Crippen molar-refractivity contribution in [3.8, 4) is 0 Å². The Morgan fingerprint density at radius 3 is 2.89 bits per heavy atom. The van der Waals surface area contributed by atoms with Crippen LogP contribution in [-0.4, -0.2) is 61.9 Å². The summed E-state index contributed by atoms with van der Waals surface area (Å²) < 4.78 is 4.71. The van der Waals surface area contributed by atoms with Crippen molar-refractivity contribution in [1.82, 2.24) is 10.2 Å². The quantitative estimate of drug-likeness (QED) is 0.634. The zero-order chi connectivity index (χ0) is 14.1. The predicted molar refractivity (Wildman–Crippen MR) is 75.0 cm³/mol. The van der Waals surface area contributed by atoms with E-state index in [0.717, 1.165) is 38.9 Å². The van der Waals surface area contributed by atoms with E-state index in [4.69, 9.17) is 9.84 Å². The van der Waals surface area contributed by atoms with E-state index in [1.54, 1.807) is 0 Å². The highest BCUT2D eigenvalue weighted by atomic mass is 16.5. The summed E-state index contributed by atoms with van der Waals surface area (Å²) in [6.45, 7) is 6.23. The lowest BCUT2D eigenvalue weighted by Crippen LogP contribution is -2.50. The maximum Gasteiger partial charge on any atom is 0.305 e. The van der Waals surface area contributed by atoms with E-state index < -0.39 is 0 Å². The second kappa shape index (κ2) is 9.28. The number of nitrogens with one attached hydrogen (secondary N) is 1. The van der Waals surface area contributed by atoms with Gasteiger partial charge in [0.15, 0.2) is 0 Å². The van der Waals surface area contributed by atoms with Gasteiger partial charge in [-0.2, -0.15) is 0 Å². The van der Waals surface area contributed by atoms with E-state index in [1.807, 2.05) is 0 Å². The third-order valence-electron chi connectivity index (χ3n) is 3.68. The van der Waals surface area contributed by atoms with Gasteiger partial charge in [0.2, 0.25) is 0 Å². The number of methoxy groups -OCH3 is 1. The number of ether oxygens (including phenoxy) is 1. The van der Waals surface area contributed by atoms with Crippen molar-refractivity contribution in [3.05, 3.63) is 0 Å². The van der Waals surface area contributed by atoms with E-state index in [-0.39, 0.29) is 12.6 Å². The monoisotopic (exact) mass is 272 g/mol. The molecule has 0 aromatic rings. The van der Waals surface area contributed by atoms with Crippen molar-refractivity contribution in [1.29, 1.82) is 0 Å². The molecular weight excluding hydrogens is 244 g/mol. The Balaban J connectivity index is 2.42. The van der Waals surface area contributed by atoms with Crippen LogP contribution in [0.1, 0.15) is 32.6 Å². The fourth-order valence-electron chi connectivity index (χ4n) is 2.85. The van der Waals surface area contributed by atoms with Crippen LogP contribution in [0.3, 0.4) is 0 Å². The first-order chi connectivity index (χ1) is 9.19. The summed E-state index contributed by atoms with van der Waals surface area (Å²) in [5.74, 6) is 0.420. The molecule has 5 heteroatoms. The first-order valence-electron chi connectivity index (χ1n) is 7.33. The van der Waals surface area contributed by atoms with E-state index in [2.05, 4.69) is 17.1 Å². The lowest BCUT2D eigenvalue weighted by molar-refractivity contribution is -0.141. The molecule has 2 N–H and O–H groups in total. The van der Waals surface area contributed by atoms with E-state index >= 15 is 0 Å². The minimum Gasteiger partial charge on any atom is -0.469 e. The van der Waals surface area contributed by atoms with E-state index in [1.165, 1.54) is 7.11 Å². The Morgan fingerprint density at radius 1 is 1.47 bits per heavy atom. The van der Waals surface area contributed by atoms with Gasteiger partial charge in [-0.05, 0) is 31.7 Å². The van der Waals surface area contributed by atoms with Gasteiger partial charge >= 0.3 is 5.97 Å². The lowest BCUT2D eigenvalue weighted by Gasteiger charge is -2.38. The summed E-state index contributed by atoms with van der Waals surface area (Å²) in [6, 6.07) is 0.426. The van der Waals surface area contributed by atoms with Crippen LogP contribution in [0.2, 0.25) is 0 Å². The van der Waals surface area contributed by atoms with Gasteiger partial charge in [0, 0.05) is 32.1 Å². The molecule has 1 saturated heterocycles. The minimum absolute atomic E-state index is 0.118. The predicted octanol–water partition coefficient (Wildman–Crippen LogP) is 0.622. The van der Waals surface area contributed by atoms with Crippen LogP contribution >= 0.6 is 0 Å². The van der Waals surface area contributed by atoms with Crippen LogP contribution in [0.4, 0.5) is 0 Å². The van der Waals surface area contributed by atoms with E-state index in [0.29, 0.717) is 24.9 Å². The summed E-state index contributed by atoms with van der Waals surface area (Å²) in [6.07, 6.45) is 3.63. The Hall–Kier alpha value is -0.650. The number of rotatable bonds is 8. The molecule has 1 aliphatic rings. The molecule has 0 aromatic carbocycles. The summed E-state index contributed by atoms with van der Waals surface area (Å²) in [4.78, 5) is 13.7. The molecule has 1 aliphatic heterocycles. The maximum absolute atomic E-state index is 11.2. The number of carbonyl (C=O) groups excluding carboxylic acids is 1. The molecule has 19 heavy (non-hydrogen) atoms. The summed E-state index contributed by atoms with van der Waals surface area (Å²) in [7, 11) is 1.44. The standard InChI is InChI=1S/C14H28N2O3/c1-3-7-16-10-12(4-5-14(18)19-2)9-13(11-16)15-6-8-17/h12-13,15,17H,3-11H2,1-2H3. The second-order valence-corrected chi connectivity index (χ2v) is 5.35. The zero-order valence-corrected chi connectivity index (χ0v) is 12.2. The van der Waals surface area contributed by atoms with Crippen LogP contribution in [0.5, 0.6) is 0 Å². The molecule has 0 radical (unpaired) electrons. The number of piperidine rings is 1. The molecular formula is C14H28N2O3. The number of esters is 1. The van der Waals surface area contributed by atoms with Crippen LogP contribution in [0, 0.1) is 5.92 Å². The minimum atomic E-state index is -0.118. The van der Waals surface area contributed by atoms with Gasteiger partial charge in [-0.25, -0.2) is 0 Å². The third-order valence-corrected chi connectivity index (χ3v) is 3.68. The Bertz CT molecular complexity index is 261. The first-order valence-corrected chi connectivity index (χ1v) is 7.33. The molecule has 0 amide bonds. The lowest BCUT2D eigenvalue weighted by atomic mass is 9.90. The van der Waals surface area contributed by atoms with Crippen LogP contribution in [0.25, 0.3) is 0 Å². The Labute approximate surface area is 116 Å². The summed E-state index contributed by atoms with van der Waals surface area (Å²) in [5.41, 5.74) is 0. The van der Waals surface area contributed by atoms with Gasteiger partial charge in [-0.1, -0.05) is 6.92 Å². The molecule has 0 aliphatic carbocycles. The molecule has 5 nitrogen and oxygen atoms in total. The molecule has 1 fully saturated rings. The number of aliphatic hydroxyl groups is 1. The molecule has 1 rings (SSSR count). The van der Waals surface area contributed by atoms with Crippen LogP contribution in [-0.2, 0) is 9.53 Å². The highest BCUT2D eigenvalue weighted by Gasteiger charge is 2.26. The van der Waals surface area contributed by atoms with Crippen LogP contribution < -0.4 is 5.32 Å².